The van der Waals surface area contributed by atoms with Crippen LogP contribution < -0.4 is 21.2 Å². The zero-order valence-electron chi connectivity index (χ0n) is 18.0. The van der Waals surface area contributed by atoms with Crippen molar-refractivity contribution in [3.05, 3.63) is 69.5 Å². The second-order valence-electron chi connectivity index (χ2n) is 7.20. The average Bonchev–Trinajstić information content (AvgIpc) is 3.54. The minimum Gasteiger partial charge on any atom is -0.492 e. The Morgan fingerprint density at radius 3 is 2.56 bits per heavy atom. The molecule has 14 heteroatoms. The van der Waals surface area contributed by atoms with E-state index < -0.39 is 11.9 Å². The Balaban J connectivity index is 1.22. The Labute approximate surface area is 214 Å². The van der Waals surface area contributed by atoms with Crippen LogP contribution in [0.1, 0.15) is 15.2 Å². The number of thioether (sulfide) groups is 1. The van der Waals surface area contributed by atoms with Gasteiger partial charge in [0, 0.05) is 10.9 Å². The van der Waals surface area contributed by atoms with E-state index in [1.807, 2.05) is 0 Å². The van der Waals surface area contributed by atoms with Gasteiger partial charge in [0.05, 0.1) is 22.2 Å². The minimum absolute atomic E-state index is 0.0703. The number of carboxylic acids is 1. The fourth-order valence-corrected chi connectivity index (χ4v) is 5.77. The summed E-state index contributed by atoms with van der Waals surface area (Å²) in [5.41, 5.74) is 0.912. The van der Waals surface area contributed by atoms with Crippen LogP contribution >= 0.6 is 34.4 Å². The average molecular weight is 539 g/mol. The maximum absolute atomic E-state index is 12.4. The second kappa shape index (κ2) is 9.85. The molecule has 0 bridgehead atoms. The number of rotatable bonds is 8. The molecule has 0 radical (unpaired) electrons. The van der Waals surface area contributed by atoms with Crippen LogP contribution in [0.15, 0.2) is 57.9 Å². The molecule has 1 aliphatic rings. The highest BCUT2D eigenvalue weighted by molar-refractivity contribution is 8.01. The summed E-state index contributed by atoms with van der Waals surface area (Å²) in [6, 6.07) is 12.9. The Morgan fingerprint density at radius 2 is 1.78 bits per heavy atom. The first kappa shape index (κ1) is 23.6. The van der Waals surface area contributed by atoms with Crippen LogP contribution in [0.3, 0.4) is 0 Å². The molecule has 0 unspecified atom stereocenters. The largest absolute Gasteiger partial charge is 0.492 e. The fraction of sp³-hybridized carbons (Fsp3) is 0.0455. The molecule has 2 aromatic heterocycles. The quantitative estimate of drug-likeness (QED) is 0.244. The van der Waals surface area contributed by atoms with Gasteiger partial charge in [-0.2, -0.15) is 4.98 Å². The highest BCUT2D eigenvalue weighted by Crippen LogP contribution is 2.36. The Hall–Kier alpha value is -4.14. The third-order valence-corrected chi connectivity index (χ3v) is 7.76. The van der Waals surface area contributed by atoms with Gasteiger partial charge in [-0.05, 0) is 30.3 Å². The van der Waals surface area contributed by atoms with Gasteiger partial charge in [-0.15, -0.1) is 10.2 Å². The number of nitrogens with one attached hydrogen (secondary N) is 2. The Morgan fingerprint density at radius 1 is 1.00 bits per heavy atom. The van der Waals surface area contributed by atoms with E-state index >= 15 is 0 Å². The highest BCUT2D eigenvalue weighted by atomic mass is 32.2. The number of hydrogen-bond acceptors (Lipinski definition) is 11. The maximum Gasteiger partial charge on any atom is 0.335 e. The van der Waals surface area contributed by atoms with Gasteiger partial charge < -0.3 is 20.8 Å². The molecule has 36 heavy (non-hydrogen) atoms. The van der Waals surface area contributed by atoms with Crippen molar-refractivity contribution in [1.82, 2.24) is 15.2 Å². The first-order chi connectivity index (χ1) is 17.4. The zero-order valence-corrected chi connectivity index (χ0v) is 20.4. The summed E-state index contributed by atoms with van der Waals surface area (Å²) in [5, 5.41) is 34.9. The summed E-state index contributed by atoms with van der Waals surface area (Å²) in [6.07, 6.45) is 0. The minimum atomic E-state index is -1.04. The maximum atomic E-state index is 12.4. The van der Waals surface area contributed by atoms with Gasteiger partial charge in [0.15, 0.2) is 9.47 Å². The van der Waals surface area contributed by atoms with E-state index in [2.05, 4.69) is 30.8 Å². The number of aromatic carboxylic acids is 1. The van der Waals surface area contributed by atoms with E-state index in [0.717, 1.165) is 11.3 Å². The van der Waals surface area contributed by atoms with E-state index in [-0.39, 0.29) is 23.1 Å². The number of anilines is 3. The second-order valence-corrected chi connectivity index (χ2v) is 10.4. The molecule has 3 heterocycles. The number of para-hydroxylation sites is 1. The van der Waals surface area contributed by atoms with E-state index in [9.17, 15) is 19.5 Å². The van der Waals surface area contributed by atoms with Gasteiger partial charge in [-0.25, -0.2) is 9.79 Å². The Kier molecular flexibility index (Phi) is 6.45. The van der Waals surface area contributed by atoms with E-state index in [4.69, 9.17) is 5.11 Å². The third-order valence-electron chi connectivity index (χ3n) is 4.81. The lowest BCUT2D eigenvalue weighted by Gasteiger charge is -2.04. The molecule has 4 aromatic rings. The lowest BCUT2D eigenvalue weighted by molar-refractivity contribution is -0.114. The SMILES string of the molecule is O=C(CSc1nnc(Nc2nc(O)c(C3=c4ccccc4=NC3=O)s2)s1)Nc1ccc(C(=O)O)cc1. The lowest BCUT2D eigenvalue weighted by Crippen LogP contribution is -2.22. The third kappa shape index (κ3) is 4.95. The van der Waals surface area contributed by atoms with Crippen molar-refractivity contribution in [3.8, 4) is 5.88 Å². The number of benzene rings is 2. The number of fused-ring (bicyclic) bond motifs is 1. The number of hydrogen-bond donors (Lipinski definition) is 4. The molecule has 0 fully saturated rings. The molecular formula is C22H14N6O5S3. The summed E-state index contributed by atoms with van der Waals surface area (Å²) < 4.78 is 0.531. The molecule has 0 saturated carbocycles. The monoisotopic (exact) mass is 538 g/mol. The molecule has 0 aliphatic carbocycles. The van der Waals surface area contributed by atoms with Crippen molar-refractivity contribution in [1.29, 1.82) is 0 Å². The summed E-state index contributed by atoms with van der Waals surface area (Å²) in [6.45, 7) is 0. The van der Waals surface area contributed by atoms with Crippen LogP contribution in [-0.4, -0.2) is 48.9 Å². The van der Waals surface area contributed by atoms with E-state index in [0.29, 0.717) is 41.3 Å². The van der Waals surface area contributed by atoms with Gasteiger partial charge in [0.25, 0.3) is 5.91 Å². The predicted octanol–water partition coefficient (Wildman–Crippen LogP) is 2.23. The van der Waals surface area contributed by atoms with E-state index in [1.165, 1.54) is 47.4 Å². The van der Waals surface area contributed by atoms with Crippen LogP contribution in [0, 0.1) is 0 Å². The number of thiazole rings is 1. The first-order valence-corrected chi connectivity index (χ1v) is 12.8. The van der Waals surface area contributed by atoms with Crippen LogP contribution in [0.5, 0.6) is 5.88 Å². The van der Waals surface area contributed by atoms with Crippen molar-refractivity contribution in [2.45, 2.75) is 4.34 Å². The number of carbonyl (C=O) groups is 3. The van der Waals surface area contributed by atoms with Gasteiger partial charge in [0.1, 0.15) is 4.88 Å². The van der Waals surface area contributed by atoms with Gasteiger partial charge in [-0.1, -0.05) is 52.6 Å². The summed E-state index contributed by atoms with van der Waals surface area (Å²) in [5.74, 6) is -1.98. The van der Waals surface area contributed by atoms with Gasteiger partial charge in [0.2, 0.25) is 16.9 Å². The molecule has 180 valence electrons. The lowest BCUT2D eigenvalue weighted by atomic mass is 10.1. The molecule has 11 nitrogen and oxygen atoms in total. The van der Waals surface area contributed by atoms with Gasteiger partial charge in [-0.3, -0.25) is 9.59 Å². The summed E-state index contributed by atoms with van der Waals surface area (Å²) >= 11 is 3.47. The highest BCUT2D eigenvalue weighted by Gasteiger charge is 2.25. The molecule has 0 atom stereocenters. The van der Waals surface area contributed by atoms with Crippen molar-refractivity contribution in [3.63, 3.8) is 0 Å². The van der Waals surface area contributed by atoms with E-state index in [1.54, 1.807) is 24.3 Å². The fourth-order valence-electron chi connectivity index (χ4n) is 3.24. The summed E-state index contributed by atoms with van der Waals surface area (Å²) in [7, 11) is 0. The first-order valence-electron chi connectivity index (χ1n) is 10.2. The van der Waals surface area contributed by atoms with Crippen LogP contribution in [0.4, 0.5) is 16.0 Å². The smallest absolute Gasteiger partial charge is 0.335 e. The molecule has 4 N–H and O–H groups in total. The molecule has 2 amide bonds. The van der Waals surface area contributed by atoms with Crippen molar-refractivity contribution in [2.75, 3.05) is 16.4 Å². The van der Waals surface area contributed by atoms with Crippen LogP contribution in [-0.2, 0) is 9.59 Å². The number of nitrogens with zero attached hydrogens (tertiary/aromatic N) is 4. The number of aromatic nitrogens is 3. The normalized spacial score (nSPS) is 12.2. The number of carboxylic acid groups (broad SMARTS) is 1. The molecule has 0 spiro atoms. The molecule has 5 rings (SSSR count). The number of amides is 2. The van der Waals surface area contributed by atoms with Crippen molar-refractivity contribution >= 4 is 73.7 Å². The number of carbonyl (C=O) groups excluding carboxylic acids is 2. The molecular weight excluding hydrogens is 524 g/mol. The molecule has 0 saturated heterocycles. The molecule has 2 aromatic carbocycles. The van der Waals surface area contributed by atoms with Crippen LogP contribution in [0.25, 0.3) is 5.57 Å². The predicted molar refractivity (Wildman–Crippen MR) is 134 cm³/mol. The topological polar surface area (TPSA) is 167 Å². The van der Waals surface area contributed by atoms with Gasteiger partial charge >= 0.3 is 5.97 Å². The van der Waals surface area contributed by atoms with Crippen molar-refractivity contribution in [2.24, 2.45) is 4.99 Å². The number of aromatic hydroxyl groups is 1. The van der Waals surface area contributed by atoms with Crippen molar-refractivity contribution < 1.29 is 24.6 Å². The standard InChI is InChI=1S/C22H14N6O5S3/c29-14(23-11-7-5-10(6-8-11)19(32)33)9-34-22-28-27-21(36-22)26-20-25-18(31)16(35-20)15-12-3-1-2-4-13(12)24-17(15)30/h1-8,31H,9H2,(H,23,29)(H,32,33)(H,25,26,27). The Bertz CT molecular complexity index is 1630. The zero-order chi connectivity index (χ0) is 25.2. The molecule has 1 aliphatic heterocycles. The van der Waals surface area contributed by atoms with Crippen LogP contribution in [0.2, 0.25) is 0 Å². The summed E-state index contributed by atoms with van der Waals surface area (Å²) in [4.78, 5) is 43.9.